The van der Waals surface area contributed by atoms with Crippen molar-refractivity contribution < 1.29 is 42.6 Å². The summed E-state index contributed by atoms with van der Waals surface area (Å²) in [6.07, 6.45) is 0. The summed E-state index contributed by atoms with van der Waals surface area (Å²) in [7, 11) is 0. The van der Waals surface area contributed by atoms with E-state index in [1.54, 1.807) is 0 Å². The van der Waals surface area contributed by atoms with Crippen LogP contribution in [0, 0.1) is 0 Å². The van der Waals surface area contributed by atoms with Crippen LogP contribution in [-0.2, 0) is 42.6 Å². The van der Waals surface area contributed by atoms with Gasteiger partial charge in [-0.15, -0.1) is 0 Å². The molecule has 0 saturated heterocycles. The van der Waals surface area contributed by atoms with E-state index in [0.717, 1.165) is 19.6 Å². The number of rotatable bonds is 30. The van der Waals surface area contributed by atoms with Crippen LogP contribution in [-0.4, -0.2) is 153 Å². The van der Waals surface area contributed by atoms with Gasteiger partial charge in [-0.25, -0.2) is 0 Å². The molecule has 0 aromatic rings. The van der Waals surface area contributed by atoms with Crippen molar-refractivity contribution in [1.82, 2.24) is 10.2 Å². The largest absolute Gasteiger partial charge is 0.378 e. The fourth-order valence-electron chi connectivity index (χ4n) is 3.94. The summed E-state index contributed by atoms with van der Waals surface area (Å²) in [5.74, 6) is 0. The predicted molar refractivity (Wildman–Crippen MR) is 181 cm³/mol. The van der Waals surface area contributed by atoms with Gasteiger partial charge in [0.05, 0.1) is 117 Å². The predicted octanol–water partition coefficient (Wildman–Crippen LogP) is 4.20. The second kappa shape index (κ2) is 25.6. The molecule has 45 heavy (non-hydrogen) atoms. The molecule has 0 bridgehead atoms. The molecule has 0 aliphatic rings. The van der Waals surface area contributed by atoms with Crippen molar-refractivity contribution in [3.8, 4) is 0 Å². The molecule has 0 rings (SSSR count). The maximum atomic E-state index is 5.86. The normalized spacial score (nSPS) is 13.3. The van der Waals surface area contributed by atoms with Crippen LogP contribution in [0.15, 0.2) is 0 Å². The van der Waals surface area contributed by atoms with Crippen LogP contribution < -0.4 is 5.32 Å². The Hall–Kier alpha value is -0.440. The molecule has 272 valence electrons. The highest BCUT2D eigenvalue weighted by Gasteiger charge is 2.28. The van der Waals surface area contributed by atoms with Crippen molar-refractivity contribution >= 4 is 0 Å². The monoisotopic (exact) mass is 653 g/mol. The van der Waals surface area contributed by atoms with Crippen molar-refractivity contribution in [3.63, 3.8) is 0 Å². The zero-order valence-corrected chi connectivity index (χ0v) is 31.1. The molecule has 0 aromatic heterocycles. The summed E-state index contributed by atoms with van der Waals surface area (Å²) in [5, 5.41) is 3.63. The first-order valence-electron chi connectivity index (χ1n) is 16.8. The fraction of sp³-hybridized carbons (Fsp3) is 1.00. The van der Waals surface area contributed by atoms with Gasteiger partial charge < -0.3 is 47.9 Å². The Balaban J connectivity index is 3.78. The van der Waals surface area contributed by atoms with Crippen LogP contribution in [0.25, 0.3) is 0 Å². The Kier molecular flexibility index (Phi) is 25.3. The van der Waals surface area contributed by atoms with E-state index in [1.165, 1.54) is 0 Å². The molecule has 0 unspecified atom stereocenters. The summed E-state index contributed by atoms with van der Waals surface area (Å²) < 4.78 is 50.6. The number of nitrogens with zero attached hydrogens (tertiary/aromatic N) is 1. The molecule has 11 nitrogen and oxygen atoms in total. The summed E-state index contributed by atoms with van der Waals surface area (Å²) in [5.41, 5.74) is -0.309. The minimum Gasteiger partial charge on any atom is -0.378 e. The smallest absolute Gasteiger partial charge is 0.0707 e. The molecule has 0 atom stereocenters. The SMILES string of the molecule is CC(C)(CN(CCOCCOCCOCCOC(C)(C)C)C(C)(C)C)NCCOCCOCCOCCOCCOC(C)(C)C. The molecule has 0 aliphatic carbocycles. The summed E-state index contributed by atoms with van der Waals surface area (Å²) in [6, 6.07) is 0. The average Bonchev–Trinajstić information content (AvgIpc) is 2.90. The summed E-state index contributed by atoms with van der Waals surface area (Å²) in [4.78, 5) is 2.46. The van der Waals surface area contributed by atoms with Gasteiger partial charge in [0.1, 0.15) is 0 Å². The Morgan fingerprint density at radius 2 is 0.711 bits per heavy atom. The van der Waals surface area contributed by atoms with Gasteiger partial charge in [0.15, 0.2) is 0 Å². The van der Waals surface area contributed by atoms with Crippen molar-refractivity contribution in [3.05, 3.63) is 0 Å². The fourth-order valence-corrected chi connectivity index (χ4v) is 3.94. The third-order valence-corrected chi connectivity index (χ3v) is 6.28. The highest BCUT2D eigenvalue weighted by atomic mass is 16.6. The van der Waals surface area contributed by atoms with Crippen LogP contribution in [0.3, 0.4) is 0 Å². The van der Waals surface area contributed by atoms with Gasteiger partial charge in [-0.1, -0.05) is 0 Å². The summed E-state index contributed by atoms with van der Waals surface area (Å²) in [6.45, 7) is 35.1. The molecule has 0 amide bonds. The second-order valence-corrected chi connectivity index (χ2v) is 14.6. The first-order valence-corrected chi connectivity index (χ1v) is 16.8. The number of nitrogens with one attached hydrogen (secondary N) is 1. The molecule has 0 heterocycles. The Bertz CT molecular complexity index is 662. The number of hydrogen-bond donors (Lipinski definition) is 1. The standard InChI is InChI=1S/C34H72N2O9/c1-31(2,3)36(13-15-38-17-19-40-22-24-42-26-28-44-32(4,5)6)30-34(10,11)35-12-14-37-16-18-39-20-21-41-23-25-43-27-29-45-33(7,8)9/h35H,12-30H2,1-11H3. The highest BCUT2D eigenvalue weighted by molar-refractivity contribution is 4.87. The Morgan fingerprint density at radius 3 is 1.04 bits per heavy atom. The quantitative estimate of drug-likeness (QED) is 0.113. The van der Waals surface area contributed by atoms with Gasteiger partial charge in [-0.05, 0) is 76.2 Å². The van der Waals surface area contributed by atoms with Crippen LogP contribution in [0.1, 0.15) is 76.2 Å². The van der Waals surface area contributed by atoms with E-state index in [1.807, 2.05) is 41.5 Å². The van der Waals surface area contributed by atoms with Gasteiger partial charge >= 0.3 is 0 Å². The molecular weight excluding hydrogens is 580 g/mol. The molecule has 0 fully saturated rings. The van der Waals surface area contributed by atoms with E-state index in [2.05, 4.69) is 44.8 Å². The molecule has 0 aliphatic heterocycles. The van der Waals surface area contributed by atoms with Crippen molar-refractivity contribution in [2.75, 3.05) is 125 Å². The lowest BCUT2D eigenvalue weighted by atomic mass is 9.99. The van der Waals surface area contributed by atoms with E-state index in [9.17, 15) is 0 Å². The third kappa shape index (κ3) is 33.3. The average molecular weight is 653 g/mol. The number of ether oxygens (including phenoxy) is 9. The van der Waals surface area contributed by atoms with Crippen LogP contribution in [0.4, 0.5) is 0 Å². The first-order chi connectivity index (χ1) is 21.0. The van der Waals surface area contributed by atoms with Crippen LogP contribution in [0.5, 0.6) is 0 Å². The van der Waals surface area contributed by atoms with E-state index in [-0.39, 0.29) is 22.3 Å². The maximum absolute atomic E-state index is 5.86. The van der Waals surface area contributed by atoms with Crippen LogP contribution in [0.2, 0.25) is 0 Å². The lowest BCUT2D eigenvalue weighted by Gasteiger charge is -2.41. The third-order valence-electron chi connectivity index (χ3n) is 6.28. The minimum absolute atomic E-state index is 0.0263. The molecule has 0 radical (unpaired) electrons. The highest BCUT2D eigenvalue weighted by Crippen LogP contribution is 2.17. The van der Waals surface area contributed by atoms with Gasteiger partial charge in [0, 0.05) is 30.7 Å². The van der Waals surface area contributed by atoms with Gasteiger partial charge in [0.25, 0.3) is 0 Å². The topological polar surface area (TPSA) is 98.3 Å². The van der Waals surface area contributed by atoms with Crippen molar-refractivity contribution in [1.29, 1.82) is 0 Å². The van der Waals surface area contributed by atoms with Crippen molar-refractivity contribution in [2.24, 2.45) is 0 Å². The lowest BCUT2D eigenvalue weighted by Crippen LogP contribution is -2.55. The van der Waals surface area contributed by atoms with Gasteiger partial charge in [0.2, 0.25) is 0 Å². The maximum Gasteiger partial charge on any atom is 0.0707 e. The Morgan fingerprint density at radius 1 is 0.400 bits per heavy atom. The zero-order valence-electron chi connectivity index (χ0n) is 31.1. The molecular formula is C34H72N2O9. The van der Waals surface area contributed by atoms with E-state index < -0.39 is 0 Å². The molecule has 0 aromatic carbocycles. The van der Waals surface area contributed by atoms with E-state index in [4.69, 9.17) is 42.6 Å². The van der Waals surface area contributed by atoms with E-state index >= 15 is 0 Å². The second-order valence-electron chi connectivity index (χ2n) is 14.6. The molecule has 11 heteroatoms. The zero-order chi connectivity index (χ0) is 34.1. The lowest BCUT2D eigenvalue weighted by molar-refractivity contribution is -0.0460. The van der Waals surface area contributed by atoms with Gasteiger partial charge in [-0.3, -0.25) is 4.90 Å². The molecule has 0 saturated carbocycles. The first kappa shape index (κ1) is 44.6. The molecule has 0 spiro atoms. The van der Waals surface area contributed by atoms with Crippen LogP contribution >= 0.6 is 0 Å². The van der Waals surface area contributed by atoms with Gasteiger partial charge in [-0.2, -0.15) is 0 Å². The summed E-state index contributed by atoms with van der Waals surface area (Å²) >= 11 is 0. The Labute approximate surface area is 276 Å². The minimum atomic E-state index is -0.131. The number of hydrogen-bond acceptors (Lipinski definition) is 11. The molecule has 1 N–H and O–H groups in total. The van der Waals surface area contributed by atoms with E-state index in [0.29, 0.717) is 106 Å². The van der Waals surface area contributed by atoms with Crippen molar-refractivity contribution in [2.45, 2.75) is 98.4 Å².